The molecule has 0 saturated heterocycles. The van der Waals surface area contributed by atoms with Crippen molar-refractivity contribution in [3.63, 3.8) is 0 Å². The molecule has 2 aromatic rings. The molecule has 0 unspecified atom stereocenters. The summed E-state index contributed by atoms with van der Waals surface area (Å²) in [5.41, 5.74) is 2.28. The van der Waals surface area contributed by atoms with E-state index in [0.717, 1.165) is 35.7 Å². The van der Waals surface area contributed by atoms with E-state index in [9.17, 15) is 0 Å². The van der Waals surface area contributed by atoms with Crippen LogP contribution in [0.5, 0.6) is 5.75 Å². The average molecular weight is 321 g/mol. The molecule has 21 heavy (non-hydrogen) atoms. The standard InChI is InChI=1S/C18H21ClOS/c19-17-14-16(15-8-4-3-5-9-15)10-11-18(17)20-12-6-1-2-7-13-21/h3-5,8-11,14,21H,1-2,6-7,12-13H2. The van der Waals surface area contributed by atoms with Gasteiger partial charge in [-0.2, -0.15) is 12.6 Å². The van der Waals surface area contributed by atoms with E-state index in [-0.39, 0.29) is 0 Å². The Kier molecular flexibility index (Phi) is 6.98. The number of benzene rings is 2. The van der Waals surface area contributed by atoms with Crippen LogP contribution in [0.2, 0.25) is 5.02 Å². The van der Waals surface area contributed by atoms with Crippen molar-refractivity contribution in [2.45, 2.75) is 25.7 Å². The first-order chi connectivity index (χ1) is 10.3. The topological polar surface area (TPSA) is 9.23 Å². The molecule has 3 heteroatoms. The number of unbranched alkanes of at least 4 members (excludes halogenated alkanes) is 3. The third-order valence-electron chi connectivity index (χ3n) is 3.35. The molecule has 2 aromatic carbocycles. The molecule has 0 saturated carbocycles. The number of hydrogen-bond acceptors (Lipinski definition) is 2. The lowest BCUT2D eigenvalue weighted by Gasteiger charge is -2.09. The normalized spacial score (nSPS) is 10.6. The van der Waals surface area contributed by atoms with Gasteiger partial charge in [-0.15, -0.1) is 0 Å². The van der Waals surface area contributed by atoms with Crippen LogP contribution in [0.15, 0.2) is 48.5 Å². The fraction of sp³-hybridized carbons (Fsp3) is 0.333. The summed E-state index contributed by atoms with van der Waals surface area (Å²) < 4.78 is 5.76. The highest BCUT2D eigenvalue weighted by Crippen LogP contribution is 2.30. The van der Waals surface area contributed by atoms with Crippen LogP contribution in [-0.4, -0.2) is 12.4 Å². The lowest BCUT2D eigenvalue weighted by molar-refractivity contribution is 0.305. The minimum atomic E-state index is 0.673. The van der Waals surface area contributed by atoms with Gasteiger partial charge in [0.2, 0.25) is 0 Å². The van der Waals surface area contributed by atoms with Gasteiger partial charge in [0.25, 0.3) is 0 Å². The van der Waals surface area contributed by atoms with Gasteiger partial charge in [-0.3, -0.25) is 0 Å². The van der Waals surface area contributed by atoms with Gasteiger partial charge in [-0.05, 0) is 41.9 Å². The summed E-state index contributed by atoms with van der Waals surface area (Å²) in [4.78, 5) is 0. The molecule has 0 spiro atoms. The molecule has 0 aromatic heterocycles. The molecule has 0 aliphatic carbocycles. The molecule has 1 nitrogen and oxygen atoms in total. The predicted octanol–water partition coefficient (Wildman–Crippen LogP) is 5.88. The molecule has 0 atom stereocenters. The summed E-state index contributed by atoms with van der Waals surface area (Å²) in [6, 6.07) is 16.2. The van der Waals surface area contributed by atoms with Crippen molar-refractivity contribution in [3.8, 4) is 16.9 Å². The molecule has 0 amide bonds. The van der Waals surface area contributed by atoms with Crippen LogP contribution in [0, 0.1) is 0 Å². The maximum absolute atomic E-state index is 6.31. The van der Waals surface area contributed by atoms with E-state index in [1.54, 1.807) is 0 Å². The molecule has 0 heterocycles. The second-order valence-corrected chi connectivity index (χ2v) is 5.85. The molecule has 0 N–H and O–H groups in total. The smallest absolute Gasteiger partial charge is 0.137 e. The van der Waals surface area contributed by atoms with Gasteiger partial charge in [0.15, 0.2) is 0 Å². The van der Waals surface area contributed by atoms with E-state index in [2.05, 4.69) is 30.8 Å². The van der Waals surface area contributed by atoms with Crippen LogP contribution >= 0.6 is 24.2 Å². The third kappa shape index (κ3) is 5.29. The Balaban J connectivity index is 1.88. The van der Waals surface area contributed by atoms with Crippen LogP contribution < -0.4 is 4.74 Å². The van der Waals surface area contributed by atoms with Gasteiger partial charge < -0.3 is 4.74 Å². The van der Waals surface area contributed by atoms with Gasteiger partial charge in [0, 0.05) is 0 Å². The zero-order chi connectivity index (χ0) is 14.9. The van der Waals surface area contributed by atoms with Gasteiger partial charge >= 0.3 is 0 Å². The van der Waals surface area contributed by atoms with Crippen molar-refractivity contribution in [1.82, 2.24) is 0 Å². The van der Waals surface area contributed by atoms with Crippen molar-refractivity contribution in [1.29, 1.82) is 0 Å². The molecular formula is C18H21ClOS. The fourth-order valence-corrected chi connectivity index (χ4v) is 2.64. The number of halogens is 1. The number of rotatable bonds is 8. The Morgan fingerprint density at radius 3 is 2.33 bits per heavy atom. The highest BCUT2D eigenvalue weighted by Gasteiger charge is 2.04. The van der Waals surface area contributed by atoms with Crippen molar-refractivity contribution in [3.05, 3.63) is 53.6 Å². The van der Waals surface area contributed by atoms with Crippen LogP contribution in [0.25, 0.3) is 11.1 Å². The summed E-state index contributed by atoms with van der Waals surface area (Å²) in [6.45, 7) is 0.719. The molecule has 0 radical (unpaired) electrons. The van der Waals surface area contributed by atoms with Crippen LogP contribution in [0.1, 0.15) is 25.7 Å². The highest BCUT2D eigenvalue weighted by atomic mass is 35.5. The van der Waals surface area contributed by atoms with E-state index in [1.807, 2.05) is 30.3 Å². The Morgan fingerprint density at radius 2 is 1.62 bits per heavy atom. The van der Waals surface area contributed by atoms with E-state index in [4.69, 9.17) is 16.3 Å². The fourth-order valence-electron chi connectivity index (χ4n) is 2.18. The molecular weight excluding hydrogens is 300 g/mol. The second kappa shape index (κ2) is 9.01. The first-order valence-electron chi connectivity index (χ1n) is 7.40. The molecule has 0 aliphatic heterocycles. The Labute approximate surface area is 137 Å². The van der Waals surface area contributed by atoms with Gasteiger partial charge in [-0.1, -0.05) is 60.8 Å². The van der Waals surface area contributed by atoms with Crippen LogP contribution in [0.4, 0.5) is 0 Å². The SMILES string of the molecule is SCCCCCCOc1ccc(-c2ccccc2)cc1Cl. The third-order valence-corrected chi connectivity index (χ3v) is 3.96. The minimum Gasteiger partial charge on any atom is -0.492 e. The van der Waals surface area contributed by atoms with E-state index < -0.39 is 0 Å². The molecule has 0 fully saturated rings. The van der Waals surface area contributed by atoms with Crippen LogP contribution in [-0.2, 0) is 0 Å². The number of ether oxygens (including phenoxy) is 1. The zero-order valence-corrected chi connectivity index (χ0v) is 13.7. The summed E-state index contributed by atoms with van der Waals surface area (Å²) in [5, 5.41) is 0.673. The van der Waals surface area contributed by atoms with E-state index in [0.29, 0.717) is 5.02 Å². The Hall–Kier alpha value is -1.12. The lowest BCUT2D eigenvalue weighted by atomic mass is 10.1. The van der Waals surface area contributed by atoms with Gasteiger partial charge in [0.05, 0.1) is 11.6 Å². The highest BCUT2D eigenvalue weighted by molar-refractivity contribution is 7.80. The number of thiol groups is 1. The quantitative estimate of drug-likeness (QED) is 0.472. The predicted molar refractivity (Wildman–Crippen MR) is 94.7 cm³/mol. The first-order valence-corrected chi connectivity index (χ1v) is 8.41. The Bertz CT molecular complexity index is 542. The van der Waals surface area contributed by atoms with E-state index >= 15 is 0 Å². The summed E-state index contributed by atoms with van der Waals surface area (Å²) in [6.07, 6.45) is 4.63. The average Bonchev–Trinajstić information content (AvgIpc) is 2.53. The van der Waals surface area contributed by atoms with Gasteiger partial charge in [0.1, 0.15) is 5.75 Å². The van der Waals surface area contributed by atoms with Crippen molar-refractivity contribution >= 4 is 24.2 Å². The van der Waals surface area contributed by atoms with E-state index in [1.165, 1.54) is 19.3 Å². The largest absolute Gasteiger partial charge is 0.492 e. The summed E-state index contributed by atoms with van der Waals surface area (Å²) in [5.74, 6) is 1.73. The van der Waals surface area contributed by atoms with Gasteiger partial charge in [-0.25, -0.2) is 0 Å². The molecule has 2 rings (SSSR count). The lowest BCUT2D eigenvalue weighted by Crippen LogP contribution is -1.98. The second-order valence-electron chi connectivity index (χ2n) is 5.00. The van der Waals surface area contributed by atoms with Crippen molar-refractivity contribution < 1.29 is 4.74 Å². The monoisotopic (exact) mass is 320 g/mol. The van der Waals surface area contributed by atoms with Crippen molar-refractivity contribution in [2.75, 3.05) is 12.4 Å². The number of hydrogen-bond donors (Lipinski definition) is 1. The molecule has 112 valence electrons. The first kappa shape index (κ1) is 16.3. The van der Waals surface area contributed by atoms with Crippen molar-refractivity contribution in [2.24, 2.45) is 0 Å². The zero-order valence-electron chi connectivity index (χ0n) is 12.1. The Morgan fingerprint density at radius 1 is 0.857 bits per heavy atom. The summed E-state index contributed by atoms with van der Waals surface area (Å²) in [7, 11) is 0. The maximum Gasteiger partial charge on any atom is 0.137 e. The van der Waals surface area contributed by atoms with Crippen LogP contribution in [0.3, 0.4) is 0 Å². The maximum atomic E-state index is 6.31. The minimum absolute atomic E-state index is 0.673. The molecule has 0 bridgehead atoms. The summed E-state index contributed by atoms with van der Waals surface area (Å²) >= 11 is 10.5. The molecule has 0 aliphatic rings.